The standard InChI is InChI=1S/C17H15NO2S2/c19-15-13-11-6-7-12(8-11)14(13)16(20)18(15)17(21)22-9-10-4-2-1-3-5-10/h1-7,11-14H,8-9H2. The van der Waals surface area contributed by atoms with Gasteiger partial charge in [0.05, 0.1) is 11.8 Å². The Morgan fingerprint density at radius 3 is 2.27 bits per heavy atom. The Kier molecular flexibility index (Phi) is 3.42. The van der Waals surface area contributed by atoms with Crippen LogP contribution in [-0.4, -0.2) is 21.0 Å². The third-order valence-electron chi connectivity index (χ3n) is 4.86. The predicted molar refractivity (Wildman–Crippen MR) is 89.9 cm³/mol. The number of benzene rings is 1. The summed E-state index contributed by atoms with van der Waals surface area (Å²) in [6.45, 7) is 0. The number of nitrogens with zero attached hydrogens (tertiary/aromatic N) is 1. The van der Waals surface area contributed by atoms with Crippen LogP contribution in [0.3, 0.4) is 0 Å². The number of rotatable bonds is 2. The minimum atomic E-state index is -0.169. The Bertz CT molecular complexity index is 655. The molecule has 2 bridgehead atoms. The highest BCUT2D eigenvalue weighted by Crippen LogP contribution is 2.52. The van der Waals surface area contributed by atoms with Gasteiger partial charge in [0.25, 0.3) is 0 Å². The highest BCUT2D eigenvalue weighted by Gasteiger charge is 2.60. The number of carbonyl (C=O) groups excluding carboxylic acids is 2. The number of likely N-dealkylation sites (tertiary alicyclic amines) is 1. The maximum absolute atomic E-state index is 12.6. The van der Waals surface area contributed by atoms with E-state index in [-0.39, 0.29) is 35.5 Å². The average molecular weight is 329 g/mol. The van der Waals surface area contributed by atoms with E-state index in [2.05, 4.69) is 12.2 Å². The van der Waals surface area contributed by atoms with E-state index in [4.69, 9.17) is 12.2 Å². The minimum absolute atomic E-state index is 0.0857. The summed E-state index contributed by atoms with van der Waals surface area (Å²) in [6.07, 6.45) is 5.14. The molecule has 1 aromatic carbocycles. The zero-order valence-electron chi connectivity index (χ0n) is 11.8. The van der Waals surface area contributed by atoms with Crippen molar-refractivity contribution in [2.24, 2.45) is 23.7 Å². The molecular formula is C17H15NO2S2. The molecule has 0 N–H and O–H groups in total. The van der Waals surface area contributed by atoms with Crippen molar-refractivity contribution in [3.05, 3.63) is 48.0 Å². The maximum Gasteiger partial charge on any atom is 0.239 e. The van der Waals surface area contributed by atoms with Crippen molar-refractivity contribution in [2.75, 3.05) is 0 Å². The summed E-state index contributed by atoms with van der Waals surface area (Å²) >= 11 is 6.76. The van der Waals surface area contributed by atoms with Crippen LogP contribution in [0.25, 0.3) is 0 Å². The normalized spacial score (nSPS) is 31.9. The van der Waals surface area contributed by atoms with Crippen LogP contribution in [0.5, 0.6) is 0 Å². The Morgan fingerprint density at radius 2 is 1.68 bits per heavy atom. The van der Waals surface area contributed by atoms with Gasteiger partial charge >= 0.3 is 0 Å². The lowest BCUT2D eigenvalue weighted by Crippen LogP contribution is -2.35. The summed E-state index contributed by atoms with van der Waals surface area (Å²) in [6, 6.07) is 9.94. The third kappa shape index (κ3) is 2.07. The lowest BCUT2D eigenvalue weighted by atomic mass is 9.85. The van der Waals surface area contributed by atoms with Gasteiger partial charge in [0.15, 0.2) is 0 Å². The van der Waals surface area contributed by atoms with Crippen molar-refractivity contribution >= 4 is 40.1 Å². The molecule has 3 aliphatic rings. The molecule has 0 radical (unpaired) electrons. The molecule has 0 spiro atoms. The first kappa shape index (κ1) is 14.2. The van der Waals surface area contributed by atoms with E-state index in [0.29, 0.717) is 10.1 Å². The van der Waals surface area contributed by atoms with Crippen LogP contribution < -0.4 is 0 Å². The number of fused-ring (bicyclic) bond motifs is 5. The fraction of sp³-hybridized carbons (Fsp3) is 0.353. The smallest absolute Gasteiger partial charge is 0.239 e. The fourth-order valence-corrected chi connectivity index (χ4v) is 5.01. The number of thioether (sulfide) groups is 1. The quantitative estimate of drug-likeness (QED) is 0.475. The predicted octanol–water partition coefficient (Wildman–Crippen LogP) is 3.01. The van der Waals surface area contributed by atoms with Crippen LogP contribution in [-0.2, 0) is 15.3 Å². The molecule has 112 valence electrons. The third-order valence-corrected chi connectivity index (χ3v) is 6.30. The zero-order valence-corrected chi connectivity index (χ0v) is 13.5. The second kappa shape index (κ2) is 5.32. The number of allylic oxidation sites excluding steroid dienone is 2. The maximum atomic E-state index is 12.6. The first-order valence-electron chi connectivity index (χ1n) is 7.43. The van der Waals surface area contributed by atoms with Crippen molar-refractivity contribution < 1.29 is 9.59 Å². The molecule has 22 heavy (non-hydrogen) atoms. The van der Waals surface area contributed by atoms with Gasteiger partial charge in [0, 0.05) is 5.75 Å². The number of hydrogen-bond acceptors (Lipinski definition) is 4. The molecule has 2 aliphatic carbocycles. The Labute approximate surface area is 138 Å². The van der Waals surface area contributed by atoms with Gasteiger partial charge in [-0.3, -0.25) is 9.59 Å². The molecule has 5 heteroatoms. The lowest BCUT2D eigenvalue weighted by Gasteiger charge is -2.17. The molecule has 1 aromatic rings. The fourth-order valence-electron chi connectivity index (χ4n) is 3.87. The van der Waals surface area contributed by atoms with E-state index < -0.39 is 0 Å². The summed E-state index contributed by atoms with van der Waals surface area (Å²) in [5.41, 5.74) is 1.14. The minimum Gasteiger partial charge on any atom is -0.274 e. The van der Waals surface area contributed by atoms with Crippen LogP contribution in [0.15, 0.2) is 42.5 Å². The molecular weight excluding hydrogens is 314 g/mol. The van der Waals surface area contributed by atoms with E-state index >= 15 is 0 Å². The summed E-state index contributed by atoms with van der Waals surface area (Å²) in [7, 11) is 0. The van der Waals surface area contributed by atoms with Crippen LogP contribution in [0.4, 0.5) is 0 Å². The van der Waals surface area contributed by atoms with E-state index in [1.165, 1.54) is 16.7 Å². The molecule has 4 unspecified atom stereocenters. The van der Waals surface area contributed by atoms with Crippen LogP contribution in [0.2, 0.25) is 0 Å². The molecule has 2 amide bonds. The molecule has 4 rings (SSSR count). The number of thiocarbonyl (C=S) groups is 1. The van der Waals surface area contributed by atoms with Gasteiger partial charge in [-0.1, -0.05) is 66.5 Å². The van der Waals surface area contributed by atoms with Crippen LogP contribution in [0, 0.1) is 23.7 Å². The topological polar surface area (TPSA) is 37.4 Å². The summed E-state index contributed by atoms with van der Waals surface area (Å²) in [4.78, 5) is 26.5. The van der Waals surface area contributed by atoms with E-state index in [1.54, 1.807) is 0 Å². The molecule has 1 heterocycles. The van der Waals surface area contributed by atoms with Crippen molar-refractivity contribution in [1.82, 2.24) is 4.90 Å². The Morgan fingerprint density at radius 1 is 1.09 bits per heavy atom. The van der Waals surface area contributed by atoms with Gasteiger partial charge in [-0.05, 0) is 23.8 Å². The molecule has 1 aliphatic heterocycles. The molecule has 1 saturated carbocycles. The lowest BCUT2D eigenvalue weighted by molar-refractivity contribution is -0.135. The van der Waals surface area contributed by atoms with E-state index in [9.17, 15) is 9.59 Å². The number of amides is 2. The summed E-state index contributed by atoms with van der Waals surface area (Å²) in [5, 5.41) is 0. The molecule has 3 nitrogen and oxygen atoms in total. The van der Waals surface area contributed by atoms with Gasteiger partial charge in [-0.2, -0.15) is 0 Å². The van der Waals surface area contributed by atoms with Gasteiger partial charge in [-0.25, -0.2) is 4.90 Å². The van der Waals surface area contributed by atoms with E-state index in [0.717, 1.165) is 12.0 Å². The van der Waals surface area contributed by atoms with Crippen molar-refractivity contribution in [1.29, 1.82) is 0 Å². The first-order chi connectivity index (χ1) is 10.7. The number of hydrogen-bond donors (Lipinski definition) is 0. The van der Waals surface area contributed by atoms with Crippen molar-refractivity contribution in [3.63, 3.8) is 0 Å². The second-order valence-electron chi connectivity index (χ2n) is 6.05. The number of imide groups is 1. The highest BCUT2D eigenvalue weighted by molar-refractivity contribution is 8.22. The van der Waals surface area contributed by atoms with Gasteiger partial charge in [-0.15, -0.1) is 0 Å². The molecule has 4 atom stereocenters. The molecule has 1 saturated heterocycles. The van der Waals surface area contributed by atoms with E-state index in [1.807, 2.05) is 30.3 Å². The van der Waals surface area contributed by atoms with Gasteiger partial charge in [0.1, 0.15) is 4.32 Å². The van der Waals surface area contributed by atoms with Gasteiger partial charge < -0.3 is 0 Å². The summed E-state index contributed by atoms with van der Waals surface area (Å²) in [5.74, 6) is 0.638. The molecule has 2 fully saturated rings. The SMILES string of the molecule is O=C1C2C3C=CC(C3)C2C(=O)N1C(=S)SCc1ccccc1. The second-order valence-corrected chi connectivity index (χ2v) is 7.66. The zero-order chi connectivity index (χ0) is 15.3. The molecule has 0 aromatic heterocycles. The first-order valence-corrected chi connectivity index (χ1v) is 8.83. The number of carbonyl (C=O) groups is 2. The largest absolute Gasteiger partial charge is 0.274 e. The van der Waals surface area contributed by atoms with Gasteiger partial charge in [0.2, 0.25) is 11.8 Å². The highest BCUT2D eigenvalue weighted by atomic mass is 32.2. The Hall–Kier alpha value is -1.46. The monoisotopic (exact) mass is 329 g/mol. The summed E-state index contributed by atoms with van der Waals surface area (Å²) < 4.78 is 0.396. The van der Waals surface area contributed by atoms with Crippen LogP contribution >= 0.6 is 24.0 Å². The Balaban J connectivity index is 1.48. The van der Waals surface area contributed by atoms with Crippen molar-refractivity contribution in [3.8, 4) is 0 Å². The van der Waals surface area contributed by atoms with Crippen LogP contribution in [0.1, 0.15) is 12.0 Å². The average Bonchev–Trinajstić information content (AvgIpc) is 3.20. The van der Waals surface area contributed by atoms with Crippen molar-refractivity contribution in [2.45, 2.75) is 12.2 Å².